The van der Waals surface area contributed by atoms with E-state index >= 15 is 0 Å². The van der Waals surface area contributed by atoms with Crippen LogP contribution in [0.5, 0.6) is 0 Å². The zero-order valence-corrected chi connectivity index (χ0v) is 13.5. The fourth-order valence-electron chi connectivity index (χ4n) is 5.15. The molecule has 4 rings (SSSR count). The molecule has 4 saturated carbocycles. The average Bonchev–Trinajstić information content (AvgIpc) is 2.99. The topological polar surface area (TPSA) is 52.6 Å². The van der Waals surface area contributed by atoms with Crippen molar-refractivity contribution in [3.63, 3.8) is 0 Å². The van der Waals surface area contributed by atoms with Gasteiger partial charge in [0.25, 0.3) is 0 Å². The molecule has 0 aromatic heterocycles. The Morgan fingerprint density at radius 2 is 1.91 bits per heavy atom. The second-order valence-corrected chi connectivity index (χ2v) is 8.43. The van der Waals surface area contributed by atoms with Crippen LogP contribution in [0.3, 0.4) is 0 Å². The van der Waals surface area contributed by atoms with Gasteiger partial charge in [-0.05, 0) is 75.2 Å². The Labute approximate surface area is 133 Å². The quantitative estimate of drug-likeness (QED) is 0.723. The van der Waals surface area contributed by atoms with Crippen molar-refractivity contribution in [3.05, 3.63) is 0 Å². The molecule has 0 spiro atoms. The van der Waals surface area contributed by atoms with Gasteiger partial charge in [-0.25, -0.2) is 0 Å². The monoisotopic (exact) mass is 306 g/mol. The first-order valence-electron chi connectivity index (χ1n) is 9.36. The second kappa shape index (κ2) is 6.12. The number of nitrogens with one attached hydrogen (secondary N) is 1. The van der Waals surface area contributed by atoms with Crippen LogP contribution in [0.2, 0.25) is 0 Å². The van der Waals surface area contributed by atoms with Crippen LogP contribution in [0.25, 0.3) is 0 Å². The van der Waals surface area contributed by atoms with Crippen LogP contribution in [0.1, 0.15) is 51.4 Å². The normalized spacial score (nSPS) is 40.1. The molecule has 4 heteroatoms. The van der Waals surface area contributed by atoms with Gasteiger partial charge < -0.3 is 10.4 Å². The summed E-state index contributed by atoms with van der Waals surface area (Å²) >= 11 is 0. The van der Waals surface area contributed by atoms with E-state index in [0.717, 1.165) is 43.1 Å². The Kier molecular flexibility index (Phi) is 4.16. The molecule has 4 fully saturated rings. The van der Waals surface area contributed by atoms with Crippen molar-refractivity contribution in [1.82, 2.24) is 10.2 Å². The molecule has 3 unspecified atom stereocenters. The summed E-state index contributed by atoms with van der Waals surface area (Å²) in [5.41, 5.74) is 0. The lowest BCUT2D eigenvalue weighted by atomic mass is 9.83. The van der Waals surface area contributed by atoms with Crippen molar-refractivity contribution in [2.75, 3.05) is 19.6 Å². The van der Waals surface area contributed by atoms with E-state index in [1.165, 1.54) is 45.1 Å². The maximum Gasteiger partial charge on any atom is 0.317 e. The van der Waals surface area contributed by atoms with E-state index < -0.39 is 5.97 Å². The first-order chi connectivity index (χ1) is 10.7. The third kappa shape index (κ3) is 3.33. The Morgan fingerprint density at radius 3 is 2.50 bits per heavy atom. The van der Waals surface area contributed by atoms with Crippen LogP contribution >= 0.6 is 0 Å². The van der Waals surface area contributed by atoms with Gasteiger partial charge in [0.15, 0.2) is 0 Å². The lowest BCUT2D eigenvalue weighted by Crippen LogP contribution is -2.55. The van der Waals surface area contributed by atoms with E-state index in [0.29, 0.717) is 12.1 Å². The summed E-state index contributed by atoms with van der Waals surface area (Å²) in [6.07, 6.45) is 10.8. The van der Waals surface area contributed by atoms with Crippen LogP contribution < -0.4 is 5.32 Å². The Balaban J connectivity index is 1.18. The zero-order chi connectivity index (χ0) is 15.1. The van der Waals surface area contributed by atoms with E-state index in [-0.39, 0.29) is 6.54 Å². The summed E-state index contributed by atoms with van der Waals surface area (Å²) in [6, 6.07) is 1.15. The molecule has 0 saturated heterocycles. The third-order valence-electron chi connectivity index (χ3n) is 6.71. The number of fused-ring (bicyclic) bond motifs is 2. The summed E-state index contributed by atoms with van der Waals surface area (Å²) in [7, 11) is 0. The first kappa shape index (κ1) is 14.9. The van der Waals surface area contributed by atoms with Crippen molar-refractivity contribution in [1.29, 1.82) is 0 Å². The maximum absolute atomic E-state index is 11.1. The maximum atomic E-state index is 11.1. The molecule has 0 heterocycles. The van der Waals surface area contributed by atoms with Crippen LogP contribution in [-0.2, 0) is 4.79 Å². The number of carboxylic acids is 1. The second-order valence-electron chi connectivity index (χ2n) is 8.43. The molecule has 22 heavy (non-hydrogen) atoms. The fourth-order valence-corrected chi connectivity index (χ4v) is 5.15. The Morgan fingerprint density at radius 1 is 1.09 bits per heavy atom. The molecule has 0 aromatic carbocycles. The molecule has 124 valence electrons. The molecule has 4 nitrogen and oxygen atoms in total. The molecule has 4 aliphatic carbocycles. The van der Waals surface area contributed by atoms with E-state index in [9.17, 15) is 4.79 Å². The smallest absolute Gasteiger partial charge is 0.317 e. The van der Waals surface area contributed by atoms with Gasteiger partial charge in [-0.1, -0.05) is 6.42 Å². The molecule has 3 atom stereocenters. The van der Waals surface area contributed by atoms with Crippen LogP contribution in [0, 0.1) is 23.7 Å². The van der Waals surface area contributed by atoms with Crippen molar-refractivity contribution >= 4 is 5.97 Å². The molecule has 0 aliphatic heterocycles. The number of rotatable bonds is 8. The van der Waals surface area contributed by atoms with Gasteiger partial charge in [0.05, 0.1) is 6.54 Å². The number of hydrogen-bond acceptors (Lipinski definition) is 3. The highest BCUT2D eigenvalue weighted by Gasteiger charge is 2.41. The average molecular weight is 306 g/mol. The first-order valence-corrected chi connectivity index (χ1v) is 9.36. The summed E-state index contributed by atoms with van der Waals surface area (Å²) in [5.74, 6) is 3.08. The van der Waals surface area contributed by atoms with Crippen molar-refractivity contribution in [2.24, 2.45) is 23.7 Å². The molecule has 0 amide bonds. The van der Waals surface area contributed by atoms with Gasteiger partial charge in [0.2, 0.25) is 0 Å². The van der Waals surface area contributed by atoms with Gasteiger partial charge in [-0.3, -0.25) is 9.69 Å². The van der Waals surface area contributed by atoms with Crippen molar-refractivity contribution < 1.29 is 9.90 Å². The van der Waals surface area contributed by atoms with Crippen LogP contribution in [0.15, 0.2) is 0 Å². The van der Waals surface area contributed by atoms with Crippen LogP contribution in [0.4, 0.5) is 0 Å². The summed E-state index contributed by atoms with van der Waals surface area (Å²) in [6.45, 7) is 2.45. The Bertz CT molecular complexity index is 417. The van der Waals surface area contributed by atoms with E-state index in [1.807, 2.05) is 0 Å². The van der Waals surface area contributed by atoms with Gasteiger partial charge in [-0.2, -0.15) is 0 Å². The van der Waals surface area contributed by atoms with Gasteiger partial charge in [-0.15, -0.1) is 0 Å². The van der Waals surface area contributed by atoms with Gasteiger partial charge >= 0.3 is 5.97 Å². The molecule has 4 aliphatic rings. The van der Waals surface area contributed by atoms with E-state index in [4.69, 9.17) is 5.11 Å². The van der Waals surface area contributed by atoms with Crippen LogP contribution in [-0.4, -0.2) is 47.7 Å². The van der Waals surface area contributed by atoms with E-state index in [2.05, 4.69) is 10.2 Å². The number of nitrogens with zero attached hydrogens (tertiary/aromatic N) is 1. The summed E-state index contributed by atoms with van der Waals surface area (Å²) in [4.78, 5) is 13.3. The lowest BCUT2D eigenvalue weighted by molar-refractivity contribution is -0.139. The Hall–Kier alpha value is -0.610. The minimum absolute atomic E-state index is 0.236. The lowest BCUT2D eigenvalue weighted by Gasteiger charge is -2.43. The summed E-state index contributed by atoms with van der Waals surface area (Å²) < 4.78 is 0. The number of aliphatic carboxylic acids is 1. The standard InChI is InChI=1S/C18H30N2O2/c21-18(22)11-20(10-12-1-2-12)17-7-16(8-17)19-9-15-6-13-3-4-14(15)5-13/h12-17,19H,1-11H2,(H,21,22). The van der Waals surface area contributed by atoms with Gasteiger partial charge in [0, 0.05) is 18.6 Å². The highest BCUT2D eigenvalue weighted by Crippen LogP contribution is 2.48. The van der Waals surface area contributed by atoms with Crippen molar-refractivity contribution in [3.8, 4) is 0 Å². The highest BCUT2D eigenvalue weighted by atomic mass is 16.4. The minimum Gasteiger partial charge on any atom is -0.480 e. The molecule has 2 N–H and O–H groups in total. The highest BCUT2D eigenvalue weighted by molar-refractivity contribution is 5.69. The molecular weight excluding hydrogens is 276 g/mol. The van der Waals surface area contributed by atoms with Gasteiger partial charge in [0.1, 0.15) is 0 Å². The largest absolute Gasteiger partial charge is 0.480 e. The SMILES string of the molecule is O=C(O)CN(CC1CC1)C1CC(NCC2CC3CCC2C3)C1. The van der Waals surface area contributed by atoms with Crippen molar-refractivity contribution in [2.45, 2.75) is 63.5 Å². The third-order valence-corrected chi connectivity index (χ3v) is 6.71. The number of hydrogen-bond donors (Lipinski definition) is 2. The molecular formula is C18H30N2O2. The van der Waals surface area contributed by atoms with E-state index in [1.54, 1.807) is 0 Å². The molecule has 0 aromatic rings. The predicted molar refractivity (Wildman–Crippen MR) is 85.7 cm³/mol. The summed E-state index contributed by atoms with van der Waals surface area (Å²) in [5, 5.41) is 12.9. The minimum atomic E-state index is -0.668. The molecule has 2 bridgehead atoms. The fraction of sp³-hybridized carbons (Fsp3) is 0.944. The number of carboxylic acid groups (broad SMARTS) is 1. The number of carbonyl (C=O) groups is 1. The zero-order valence-electron chi connectivity index (χ0n) is 13.5. The predicted octanol–water partition coefficient (Wildman–Crippen LogP) is 2.34. The molecule has 0 radical (unpaired) electrons.